The molecular formula is C15H15FN2O3. The summed E-state index contributed by atoms with van der Waals surface area (Å²) < 4.78 is 24.8. The molecule has 3 rings (SSSR count). The van der Waals surface area contributed by atoms with E-state index >= 15 is 0 Å². The van der Waals surface area contributed by atoms with Crippen molar-refractivity contribution in [2.75, 3.05) is 26.3 Å². The summed E-state index contributed by atoms with van der Waals surface area (Å²) in [5.41, 5.74) is 0.201. The molecule has 5 nitrogen and oxygen atoms in total. The number of ether oxygens (including phenoxy) is 2. The van der Waals surface area contributed by atoms with Gasteiger partial charge in [-0.3, -0.25) is 4.79 Å². The second kappa shape index (κ2) is 5.43. The molecule has 0 saturated carbocycles. The van der Waals surface area contributed by atoms with Crippen LogP contribution in [0.15, 0.2) is 18.2 Å². The first-order valence-corrected chi connectivity index (χ1v) is 6.90. The van der Waals surface area contributed by atoms with E-state index < -0.39 is 11.6 Å². The fourth-order valence-electron chi connectivity index (χ4n) is 2.76. The number of nitrogens with zero attached hydrogens (tertiary/aromatic N) is 2. The third kappa shape index (κ3) is 2.62. The fraction of sp³-hybridized carbons (Fsp3) is 0.467. The van der Waals surface area contributed by atoms with Crippen molar-refractivity contribution < 1.29 is 18.7 Å². The summed E-state index contributed by atoms with van der Waals surface area (Å²) in [6, 6.07) is 5.67. The van der Waals surface area contributed by atoms with Gasteiger partial charge >= 0.3 is 0 Å². The molecule has 0 aromatic heterocycles. The van der Waals surface area contributed by atoms with Crippen molar-refractivity contribution in [1.82, 2.24) is 4.90 Å². The molecule has 2 fully saturated rings. The van der Waals surface area contributed by atoms with Gasteiger partial charge in [0.25, 0.3) is 5.91 Å². The molecule has 1 amide bonds. The number of nitriles is 1. The van der Waals surface area contributed by atoms with Crippen LogP contribution in [-0.4, -0.2) is 42.9 Å². The standard InChI is InChI=1S/C15H15FN2O3/c16-13-9-11(1-2-12(13)10-17)14(19)18-5-3-15(4-6-18)20-7-8-21-15/h1-2,9H,3-8H2. The van der Waals surface area contributed by atoms with Crippen LogP contribution in [0.3, 0.4) is 0 Å². The predicted octanol–water partition coefficient (Wildman–Crippen LogP) is 1.68. The molecule has 0 N–H and O–H groups in total. The lowest BCUT2D eigenvalue weighted by Gasteiger charge is -2.37. The predicted molar refractivity (Wildman–Crippen MR) is 70.9 cm³/mol. The molecule has 0 atom stereocenters. The summed E-state index contributed by atoms with van der Waals surface area (Å²) in [7, 11) is 0. The van der Waals surface area contributed by atoms with Gasteiger partial charge < -0.3 is 14.4 Å². The average molecular weight is 290 g/mol. The number of rotatable bonds is 1. The molecule has 21 heavy (non-hydrogen) atoms. The van der Waals surface area contributed by atoms with E-state index in [1.165, 1.54) is 12.1 Å². The van der Waals surface area contributed by atoms with E-state index in [4.69, 9.17) is 14.7 Å². The lowest BCUT2D eigenvalue weighted by atomic mass is 10.0. The summed E-state index contributed by atoms with van der Waals surface area (Å²) in [5.74, 6) is -1.43. The van der Waals surface area contributed by atoms with Crippen molar-refractivity contribution in [3.05, 3.63) is 35.1 Å². The lowest BCUT2D eigenvalue weighted by Crippen LogP contribution is -2.47. The lowest BCUT2D eigenvalue weighted by molar-refractivity contribution is -0.181. The Kier molecular flexibility index (Phi) is 3.62. The first-order valence-electron chi connectivity index (χ1n) is 6.90. The number of carbonyl (C=O) groups is 1. The highest BCUT2D eigenvalue weighted by atomic mass is 19.1. The Balaban J connectivity index is 1.69. The van der Waals surface area contributed by atoms with E-state index in [0.717, 1.165) is 6.07 Å². The number of hydrogen-bond acceptors (Lipinski definition) is 4. The molecule has 1 aromatic rings. The Bertz CT molecular complexity index is 595. The Morgan fingerprint density at radius 2 is 1.95 bits per heavy atom. The topological polar surface area (TPSA) is 62.6 Å². The van der Waals surface area contributed by atoms with Gasteiger partial charge in [0.1, 0.15) is 11.9 Å². The highest BCUT2D eigenvalue weighted by Crippen LogP contribution is 2.31. The average Bonchev–Trinajstić information content (AvgIpc) is 2.95. The summed E-state index contributed by atoms with van der Waals surface area (Å²) in [6.07, 6.45) is 1.25. The van der Waals surface area contributed by atoms with Crippen LogP contribution in [0.2, 0.25) is 0 Å². The SMILES string of the molecule is N#Cc1ccc(C(=O)N2CCC3(CC2)OCCO3)cc1F. The Labute approximate surface area is 121 Å². The van der Waals surface area contributed by atoms with Gasteiger partial charge in [-0.15, -0.1) is 0 Å². The summed E-state index contributed by atoms with van der Waals surface area (Å²) in [6.45, 7) is 2.21. The van der Waals surface area contributed by atoms with Gasteiger partial charge in [-0.1, -0.05) is 0 Å². The van der Waals surface area contributed by atoms with Gasteiger partial charge in [0.15, 0.2) is 5.79 Å². The van der Waals surface area contributed by atoms with Crippen molar-refractivity contribution in [1.29, 1.82) is 5.26 Å². The van der Waals surface area contributed by atoms with Gasteiger partial charge in [0.05, 0.1) is 18.8 Å². The first-order chi connectivity index (χ1) is 10.1. The molecule has 2 saturated heterocycles. The maximum absolute atomic E-state index is 13.6. The van der Waals surface area contributed by atoms with Crippen LogP contribution in [0.25, 0.3) is 0 Å². The number of likely N-dealkylation sites (tertiary alicyclic amines) is 1. The maximum atomic E-state index is 13.6. The van der Waals surface area contributed by atoms with Gasteiger partial charge in [0.2, 0.25) is 0 Å². The smallest absolute Gasteiger partial charge is 0.253 e. The fourth-order valence-corrected chi connectivity index (χ4v) is 2.76. The molecular weight excluding hydrogens is 275 g/mol. The third-order valence-electron chi connectivity index (χ3n) is 3.96. The molecule has 0 bridgehead atoms. The number of hydrogen-bond donors (Lipinski definition) is 0. The molecule has 1 aromatic carbocycles. The molecule has 0 aliphatic carbocycles. The summed E-state index contributed by atoms with van der Waals surface area (Å²) in [4.78, 5) is 14.0. The van der Waals surface area contributed by atoms with Crippen LogP contribution in [-0.2, 0) is 9.47 Å². The minimum atomic E-state index is -0.667. The number of carbonyl (C=O) groups excluding carboxylic acids is 1. The van der Waals surface area contributed by atoms with Crippen LogP contribution in [0, 0.1) is 17.1 Å². The maximum Gasteiger partial charge on any atom is 0.253 e. The summed E-state index contributed by atoms with van der Waals surface area (Å²) >= 11 is 0. The second-order valence-electron chi connectivity index (χ2n) is 5.21. The third-order valence-corrected chi connectivity index (χ3v) is 3.96. The zero-order valence-corrected chi connectivity index (χ0v) is 11.5. The zero-order chi connectivity index (χ0) is 14.9. The molecule has 110 valence electrons. The number of benzene rings is 1. The van der Waals surface area contributed by atoms with E-state index in [2.05, 4.69) is 0 Å². The second-order valence-corrected chi connectivity index (χ2v) is 5.21. The van der Waals surface area contributed by atoms with Crippen molar-refractivity contribution in [3.63, 3.8) is 0 Å². The molecule has 0 radical (unpaired) electrons. The van der Waals surface area contributed by atoms with E-state index in [0.29, 0.717) is 39.1 Å². The van der Waals surface area contributed by atoms with E-state index in [-0.39, 0.29) is 17.0 Å². The quantitative estimate of drug-likeness (QED) is 0.789. The Morgan fingerprint density at radius 1 is 1.29 bits per heavy atom. The van der Waals surface area contributed by atoms with Crippen molar-refractivity contribution in [2.24, 2.45) is 0 Å². The number of piperidine rings is 1. The highest BCUT2D eigenvalue weighted by Gasteiger charge is 2.40. The molecule has 6 heteroatoms. The largest absolute Gasteiger partial charge is 0.347 e. The van der Waals surface area contributed by atoms with Gasteiger partial charge in [-0.25, -0.2) is 4.39 Å². The van der Waals surface area contributed by atoms with E-state index in [1.807, 2.05) is 0 Å². The van der Waals surface area contributed by atoms with E-state index in [1.54, 1.807) is 11.0 Å². The molecule has 0 unspecified atom stereocenters. The highest BCUT2D eigenvalue weighted by molar-refractivity contribution is 5.94. The van der Waals surface area contributed by atoms with Gasteiger partial charge in [0, 0.05) is 31.5 Å². The van der Waals surface area contributed by atoms with Crippen molar-refractivity contribution in [2.45, 2.75) is 18.6 Å². The van der Waals surface area contributed by atoms with Crippen LogP contribution in [0.1, 0.15) is 28.8 Å². The van der Waals surface area contributed by atoms with Crippen LogP contribution in [0.5, 0.6) is 0 Å². The minimum Gasteiger partial charge on any atom is -0.347 e. The monoisotopic (exact) mass is 290 g/mol. The Morgan fingerprint density at radius 3 is 2.52 bits per heavy atom. The molecule has 2 aliphatic rings. The van der Waals surface area contributed by atoms with Crippen molar-refractivity contribution in [3.8, 4) is 6.07 Å². The molecule has 1 spiro atoms. The number of halogens is 1. The normalized spacial score (nSPS) is 20.5. The zero-order valence-electron chi connectivity index (χ0n) is 11.5. The van der Waals surface area contributed by atoms with Crippen LogP contribution in [0.4, 0.5) is 4.39 Å². The van der Waals surface area contributed by atoms with Crippen LogP contribution < -0.4 is 0 Å². The van der Waals surface area contributed by atoms with Gasteiger partial charge in [-0.2, -0.15) is 5.26 Å². The number of amides is 1. The molecule has 2 heterocycles. The van der Waals surface area contributed by atoms with Gasteiger partial charge in [-0.05, 0) is 18.2 Å². The minimum absolute atomic E-state index is 0.0584. The Hall–Kier alpha value is -1.97. The molecule has 2 aliphatic heterocycles. The van der Waals surface area contributed by atoms with E-state index in [9.17, 15) is 9.18 Å². The first kappa shape index (κ1) is 14.0. The van der Waals surface area contributed by atoms with Crippen LogP contribution >= 0.6 is 0 Å². The van der Waals surface area contributed by atoms with Crippen molar-refractivity contribution >= 4 is 5.91 Å². The summed E-state index contributed by atoms with van der Waals surface area (Å²) in [5, 5.41) is 8.70.